The van der Waals surface area contributed by atoms with Crippen molar-refractivity contribution in [1.29, 1.82) is 0 Å². The lowest BCUT2D eigenvalue weighted by Crippen LogP contribution is -2.37. The highest BCUT2D eigenvalue weighted by Crippen LogP contribution is 2.53. The molecule has 1 amide bonds. The van der Waals surface area contributed by atoms with Crippen LogP contribution in [-0.2, 0) is 4.79 Å². The van der Waals surface area contributed by atoms with E-state index in [4.69, 9.17) is 16.7 Å². The molecule has 4 rings (SSSR count). The van der Waals surface area contributed by atoms with E-state index in [1.165, 1.54) is 24.3 Å². The topological polar surface area (TPSA) is 103 Å². The molecular formula is C26H19ClF6N2O5. The summed E-state index contributed by atoms with van der Waals surface area (Å²) in [4.78, 5) is 24.2. The van der Waals surface area contributed by atoms with Gasteiger partial charge < -0.3 is 20.4 Å². The van der Waals surface area contributed by atoms with E-state index in [-0.39, 0.29) is 40.1 Å². The number of hydrogen-bond acceptors (Lipinski definition) is 4. The molecule has 2 N–H and O–H groups in total. The Labute approximate surface area is 227 Å². The van der Waals surface area contributed by atoms with Gasteiger partial charge in [-0.05, 0) is 61.2 Å². The summed E-state index contributed by atoms with van der Waals surface area (Å²) in [6.45, 7) is -3.32. The fourth-order valence-corrected chi connectivity index (χ4v) is 4.56. The minimum atomic E-state index is -4.49. The second kappa shape index (κ2) is 11.2. The number of nitrogens with one attached hydrogen (secondary N) is 1. The molecule has 7 nitrogen and oxygen atoms in total. The van der Waals surface area contributed by atoms with Crippen molar-refractivity contribution in [2.45, 2.75) is 31.5 Å². The summed E-state index contributed by atoms with van der Waals surface area (Å²) in [5.74, 6) is -7.82. The Balaban J connectivity index is 1.68. The van der Waals surface area contributed by atoms with Crippen molar-refractivity contribution in [2.75, 3.05) is 5.32 Å². The Hall–Kier alpha value is -4.00. The lowest BCUT2D eigenvalue weighted by molar-refractivity contribution is -0.614. The van der Waals surface area contributed by atoms with Gasteiger partial charge in [0.25, 0.3) is 0 Å². The third kappa shape index (κ3) is 6.41. The third-order valence-corrected chi connectivity index (χ3v) is 6.75. The van der Waals surface area contributed by atoms with Gasteiger partial charge in [-0.3, -0.25) is 4.79 Å². The number of rotatable bonds is 9. The van der Waals surface area contributed by atoms with Crippen molar-refractivity contribution in [3.63, 3.8) is 0 Å². The lowest BCUT2D eigenvalue weighted by Gasteiger charge is -2.18. The maximum atomic E-state index is 14.8. The van der Waals surface area contributed by atoms with Crippen molar-refractivity contribution < 1.29 is 50.5 Å². The van der Waals surface area contributed by atoms with E-state index in [0.29, 0.717) is 0 Å². The number of alkyl halides is 5. The van der Waals surface area contributed by atoms with E-state index in [9.17, 15) is 41.1 Å². The number of carbonyl (C=O) groups is 2. The van der Waals surface area contributed by atoms with Crippen LogP contribution >= 0.6 is 11.6 Å². The highest BCUT2D eigenvalue weighted by atomic mass is 35.5. The third-order valence-electron chi connectivity index (χ3n) is 6.46. The number of carboxylic acid groups (broad SMARTS) is 1. The second-order valence-corrected chi connectivity index (χ2v) is 9.49. The molecule has 1 saturated carbocycles. The molecule has 212 valence electrons. The lowest BCUT2D eigenvalue weighted by atomic mass is 9.94. The Morgan fingerprint density at radius 3 is 2.35 bits per heavy atom. The van der Waals surface area contributed by atoms with Crippen LogP contribution < -0.4 is 14.8 Å². The van der Waals surface area contributed by atoms with Gasteiger partial charge in [0, 0.05) is 11.8 Å². The van der Waals surface area contributed by atoms with Gasteiger partial charge in [-0.1, -0.05) is 11.6 Å². The van der Waals surface area contributed by atoms with Gasteiger partial charge in [-0.15, -0.1) is 0 Å². The number of amides is 1. The first-order valence-corrected chi connectivity index (χ1v) is 12.0. The standard InChI is InChI=1S/C26H19ClF6N2O5/c27-18-6-8-20(40-25(29)30)21(22(18)28)13-3-7-19(35(39)11-13)16(9-14-10-17(14)26(31,32)33)23(36)34-15-4-1-12(2-5-15)24(37)38/h1-8,11,14,16-17,25H,9-10H2,(H,34,36)(H,37,38). The molecule has 0 bridgehead atoms. The van der Waals surface area contributed by atoms with E-state index in [2.05, 4.69) is 10.1 Å². The zero-order chi connectivity index (χ0) is 29.4. The van der Waals surface area contributed by atoms with Gasteiger partial charge in [0.15, 0.2) is 12.0 Å². The number of carboxylic acids is 1. The number of carbonyl (C=O) groups excluding carboxylic acids is 1. The summed E-state index contributed by atoms with van der Waals surface area (Å²) in [5.41, 5.74) is -1.01. The van der Waals surface area contributed by atoms with E-state index in [1.54, 1.807) is 0 Å². The fraction of sp³-hybridized carbons (Fsp3) is 0.269. The van der Waals surface area contributed by atoms with E-state index in [0.717, 1.165) is 30.5 Å². The number of halogens is 7. The average molecular weight is 589 g/mol. The summed E-state index contributed by atoms with van der Waals surface area (Å²) in [6, 6.07) is 9.12. The van der Waals surface area contributed by atoms with Crippen LogP contribution in [0, 0.1) is 22.9 Å². The first kappa shape index (κ1) is 29.0. The van der Waals surface area contributed by atoms with Crippen LogP contribution in [0.1, 0.15) is 34.8 Å². The fourth-order valence-electron chi connectivity index (χ4n) is 4.41. The summed E-state index contributed by atoms with van der Waals surface area (Å²) in [6.07, 6.45) is -4.30. The molecule has 2 aromatic carbocycles. The molecule has 3 unspecified atom stereocenters. The molecular weight excluding hydrogens is 570 g/mol. The van der Waals surface area contributed by atoms with Crippen molar-refractivity contribution in [2.24, 2.45) is 11.8 Å². The van der Waals surface area contributed by atoms with E-state index in [1.807, 2.05) is 0 Å². The molecule has 1 heterocycles. The number of aromatic carboxylic acids is 1. The van der Waals surface area contributed by atoms with Gasteiger partial charge in [-0.2, -0.15) is 26.7 Å². The molecule has 0 radical (unpaired) electrons. The maximum absolute atomic E-state index is 14.8. The molecule has 1 aromatic heterocycles. The van der Waals surface area contributed by atoms with Crippen LogP contribution in [0.25, 0.3) is 11.1 Å². The van der Waals surface area contributed by atoms with Gasteiger partial charge in [0.1, 0.15) is 11.7 Å². The summed E-state index contributed by atoms with van der Waals surface area (Å²) < 4.78 is 84.6. The Morgan fingerprint density at radius 1 is 1.12 bits per heavy atom. The van der Waals surface area contributed by atoms with Crippen LogP contribution in [0.2, 0.25) is 5.02 Å². The molecule has 1 fully saturated rings. The minimum absolute atomic E-state index is 0.0722. The van der Waals surface area contributed by atoms with Crippen LogP contribution in [0.4, 0.5) is 32.0 Å². The monoisotopic (exact) mass is 588 g/mol. The zero-order valence-electron chi connectivity index (χ0n) is 20.1. The van der Waals surface area contributed by atoms with Gasteiger partial charge >= 0.3 is 18.8 Å². The zero-order valence-corrected chi connectivity index (χ0v) is 20.8. The summed E-state index contributed by atoms with van der Waals surface area (Å²) in [5, 5.41) is 24.1. The smallest absolute Gasteiger partial charge is 0.392 e. The number of nitrogens with zero attached hydrogens (tertiary/aromatic N) is 1. The highest BCUT2D eigenvalue weighted by Gasteiger charge is 2.56. The van der Waals surface area contributed by atoms with Crippen molar-refractivity contribution in [1.82, 2.24) is 0 Å². The van der Waals surface area contributed by atoms with Crippen molar-refractivity contribution >= 4 is 29.2 Å². The average Bonchev–Trinajstić information content (AvgIpc) is 3.65. The van der Waals surface area contributed by atoms with Gasteiger partial charge in [0.2, 0.25) is 11.6 Å². The highest BCUT2D eigenvalue weighted by molar-refractivity contribution is 6.31. The molecule has 1 aliphatic rings. The molecule has 3 aromatic rings. The molecule has 40 heavy (non-hydrogen) atoms. The van der Waals surface area contributed by atoms with Crippen LogP contribution in [-0.4, -0.2) is 29.8 Å². The summed E-state index contributed by atoms with van der Waals surface area (Å²) in [7, 11) is 0. The largest absolute Gasteiger partial charge is 0.618 e. The van der Waals surface area contributed by atoms with Gasteiger partial charge in [-0.25, -0.2) is 9.18 Å². The SMILES string of the molecule is O=C(O)c1ccc(NC(=O)C(CC2CC2C(F)(F)F)c2ccc(-c3c(OC(F)F)ccc(Cl)c3F)c[n+]2[O-])cc1. The predicted molar refractivity (Wildman–Crippen MR) is 129 cm³/mol. The maximum Gasteiger partial charge on any atom is 0.392 e. The number of ether oxygens (including phenoxy) is 1. The van der Waals surface area contributed by atoms with Crippen molar-refractivity contribution in [3.8, 4) is 16.9 Å². The van der Waals surface area contributed by atoms with Crippen LogP contribution in [0.15, 0.2) is 54.7 Å². The van der Waals surface area contributed by atoms with Crippen molar-refractivity contribution in [3.05, 3.63) is 82.0 Å². The normalized spacial score (nSPS) is 17.4. The second-order valence-electron chi connectivity index (χ2n) is 9.09. The number of pyridine rings is 1. The Kier molecular flexibility index (Phi) is 8.15. The first-order valence-electron chi connectivity index (χ1n) is 11.6. The molecule has 3 atom stereocenters. The number of hydrogen-bond donors (Lipinski definition) is 2. The number of anilines is 1. The van der Waals surface area contributed by atoms with Crippen LogP contribution in [0.3, 0.4) is 0 Å². The number of aromatic nitrogens is 1. The quantitative estimate of drug-likeness (QED) is 0.171. The minimum Gasteiger partial charge on any atom is -0.618 e. The van der Waals surface area contributed by atoms with E-state index >= 15 is 0 Å². The molecule has 1 aliphatic carbocycles. The molecule has 0 aliphatic heterocycles. The molecule has 14 heteroatoms. The Bertz CT molecular complexity index is 1430. The van der Waals surface area contributed by atoms with Gasteiger partial charge in [0.05, 0.1) is 27.6 Å². The number of benzene rings is 2. The predicted octanol–water partition coefficient (Wildman–Crippen LogP) is 6.39. The first-order chi connectivity index (χ1) is 18.8. The Morgan fingerprint density at radius 2 is 1.80 bits per heavy atom. The molecule has 0 spiro atoms. The van der Waals surface area contributed by atoms with Crippen LogP contribution in [0.5, 0.6) is 5.75 Å². The van der Waals surface area contributed by atoms with E-state index < -0.39 is 64.6 Å². The molecule has 0 saturated heterocycles. The summed E-state index contributed by atoms with van der Waals surface area (Å²) >= 11 is 5.77.